The smallest absolute Gasteiger partial charge is 0.314 e. The molecule has 0 atom stereocenters. The van der Waals surface area contributed by atoms with E-state index in [1.807, 2.05) is 24.3 Å². The van der Waals surface area contributed by atoms with E-state index >= 15 is 0 Å². The van der Waals surface area contributed by atoms with Crippen molar-refractivity contribution in [3.63, 3.8) is 0 Å². The van der Waals surface area contributed by atoms with Crippen molar-refractivity contribution in [2.45, 2.75) is 19.5 Å². The summed E-state index contributed by atoms with van der Waals surface area (Å²) < 4.78 is 13.2. The van der Waals surface area contributed by atoms with Crippen LogP contribution >= 0.6 is 12.4 Å². The fourth-order valence-electron chi connectivity index (χ4n) is 3.23. The topological polar surface area (TPSA) is 57.3 Å². The molecule has 0 spiro atoms. The van der Waals surface area contributed by atoms with Crippen molar-refractivity contribution in [2.75, 3.05) is 18.4 Å². The van der Waals surface area contributed by atoms with E-state index in [0.717, 1.165) is 36.5 Å². The summed E-state index contributed by atoms with van der Waals surface area (Å²) in [5.41, 5.74) is 4.79. The van der Waals surface area contributed by atoms with Crippen LogP contribution in [0.2, 0.25) is 0 Å². The van der Waals surface area contributed by atoms with Crippen LogP contribution in [0.3, 0.4) is 0 Å². The second kappa shape index (κ2) is 7.85. The molecular weight excluding hydrogens is 355 g/mol. The number of carbonyl (C=O) groups excluding carboxylic acids is 1. The molecule has 2 aliphatic rings. The fourth-order valence-corrected chi connectivity index (χ4v) is 3.23. The second-order valence-electron chi connectivity index (χ2n) is 6.31. The van der Waals surface area contributed by atoms with Crippen LogP contribution in [-0.2, 0) is 13.1 Å². The Kier molecular flexibility index (Phi) is 5.54. The van der Waals surface area contributed by atoms with Crippen LogP contribution in [0.1, 0.15) is 23.2 Å². The van der Waals surface area contributed by atoms with Crippen molar-refractivity contribution in [1.29, 1.82) is 0 Å². The van der Waals surface area contributed by atoms with E-state index in [-0.39, 0.29) is 24.3 Å². The van der Waals surface area contributed by atoms with Crippen molar-refractivity contribution < 1.29 is 9.18 Å². The Bertz CT molecular complexity index is 838. The predicted octanol–water partition coefficient (Wildman–Crippen LogP) is 3.57. The first-order valence-corrected chi connectivity index (χ1v) is 8.38. The largest absolute Gasteiger partial charge is 0.322 e. The first kappa shape index (κ1) is 18.4. The molecule has 0 aliphatic carbocycles. The number of hydrogen-bond donors (Lipinski definition) is 2. The van der Waals surface area contributed by atoms with Gasteiger partial charge in [-0.3, -0.25) is 4.98 Å². The van der Waals surface area contributed by atoms with Crippen molar-refractivity contribution in [1.82, 2.24) is 15.2 Å². The number of rotatable bonds is 2. The molecule has 2 amide bonds. The van der Waals surface area contributed by atoms with Crippen LogP contribution in [0.5, 0.6) is 0 Å². The number of nitrogens with zero attached hydrogens (tertiary/aromatic N) is 2. The summed E-state index contributed by atoms with van der Waals surface area (Å²) in [4.78, 5) is 18.1. The molecule has 4 rings (SSSR count). The first-order valence-electron chi connectivity index (χ1n) is 8.38. The molecule has 0 saturated heterocycles. The number of hydrogen-bond acceptors (Lipinski definition) is 3. The maximum Gasteiger partial charge on any atom is 0.322 e. The molecule has 1 aromatic carbocycles. The maximum atomic E-state index is 13.2. The van der Waals surface area contributed by atoms with Gasteiger partial charge in [0.1, 0.15) is 5.82 Å². The molecule has 5 nitrogen and oxygen atoms in total. The van der Waals surface area contributed by atoms with Gasteiger partial charge in [0, 0.05) is 18.8 Å². The van der Waals surface area contributed by atoms with Crippen LogP contribution in [0.15, 0.2) is 42.6 Å². The minimum atomic E-state index is -0.371. The Labute approximate surface area is 157 Å². The van der Waals surface area contributed by atoms with Crippen LogP contribution in [0.4, 0.5) is 14.9 Å². The van der Waals surface area contributed by atoms with Gasteiger partial charge in [0.15, 0.2) is 0 Å². The Morgan fingerprint density at radius 2 is 2.04 bits per heavy atom. The van der Waals surface area contributed by atoms with E-state index in [4.69, 9.17) is 0 Å². The summed E-state index contributed by atoms with van der Waals surface area (Å²) in [7, 11) is 0. The number of fused-ring (bicyclic) bond motifs is 1. The molecule has 2 aliphatic heterocycles. The summed E-state index contributed by atoms with van der Waals surface area (Å²) in [5, 5.41) is 6.19. The highest BCUT2D eigenvalue weighted by Gasteiger charge is 2.24. The average molecular weight is 375 g/mol. The van der Waals surface area contributed by atoms with E-state index in [1.54, 1.807) is 4.90 Å². The predicted molar refractivity (Wildman–Crippen MR) is 102 cm³/mol. The van der Waals surface area contributed by atoms with E-state index in [0.29, 0.717) is 13.1 Å². The molecule has 2 aromatic rings. The van der Waals surface area contributed by atoms with E-state index in [2.05, 4.69) is 21.7 Å². The molecular formula is C19H20ClFN4O. The molecule has 0 bridgehead atoms. The Morgan fingerprint density at radius 3 is 2.77 bits per heavy atom. The lowest BCUT2D eigenvalue weighted by Crippen LogP contribution is -2.30. The first-order chi connectivity index (χ1) is 12.2. The molecule has 0 unspecified atom stereocenters. The molecule has 2 N–H and O–H groups in total. The van der Waals surface area contributed by atoms with Gasteiger partial charge < -0.3 is 15.5 Å². The number of amides is 2. The van der Waals surface area contributed by atoms with Gasteiger partial charge in [0.05, 0.1) is 18.4 Å². The van der Waals surface area contributed by atoms with Gasteiger partial charge in [-0.05, 0) is 47.9 Å². The fraction of sp³-hybridized carbons (Fsp3) is 0.263. The molecule has 7 heteroatoms. The highest BCUT2D eigenvalue weighted by molar-refractivity contribution is 5.89. The third kappa shape index (κ3) is 3.86. The van der Waals surface area contributed by atoms with Gasteiger partial charge >= 0.3 is 6.03 Å². The zero-order valence-electron chi connectivity index (χ0n) is 14.2. The lowest BCUT2D eigenvalue weighted by Gasteiger charge is -2.17. The third-order valence-electron chi connectivity index (χ3n) is 4.59. The molecule has 0 saturated carbocycles. The van der Waals surface area contributed by atoms with Gasteiger partial charge in [-0.2, -0.15) is 0 Å². The zero-order valence-corrected chi connectivity index (χ0v) is 15.0. The van der Waals surface area contributed by atoms with Crippen molar-refractivity contribution in [3.05, 3.63) is 65.2 Å². The number of anilines is 1. The SMILES string of the molecule is Cl.O=C(Nc1ccc(C2=CCNCC2)cc1)N1Cc2cc(F)cnc2C1. The number of halogens is 2. The van der Waals surface area contributed by atoms with Gasteiger partial charge in [0.2, 0.25) is 0 Å². The molecule has 26 heavy (non-hydrogen) atoms. The molecule has 3 heterocycles. The van der Waals surface area contributed by atoms with E-state index < -0.39 is 0 Å². The van der Waals surface area contributed by atoms with Crippen LogP contribution in [0, 0.1) is 5.82 Å². The standard InChI is InChI=1S/C19H19FN4O.ClH/c20-16-9-15-11-24(12-18(15)22-10-16)19(25)23-17-3-1-13(2-4-17)14-5-7-21-8-6-14;/h1-5,9-10,21H,6-8,11-12H2,(H,23,25);1H. The number of carbonyl (C=O) groups is 1. The number of nitrogens with one attached hydrogen (secondary N) is 2. The van der Waals surface area contributed by atoms with E-state index in [9.17, 15) is 9.18 Å². The van der Waals surface area contributed by atoms with Gasteiger partial charge in [0.25, 0.3) is 0 Å². The van der Waals surface area contributed by atoms with Crippen LogP contribution < -0.4 is 10.6 Å². The Morgan fingerprint density at radius 1 is 1.23 bits per heavy atom. The van der Waals surface area contributed by atoms with E-state index in [1.165, 1.54) is 23.4 Å². The number of benzene rings is 1. The lowest BCUT2D eigenvalue weighted by molar-refractivity contribution is 0.212. The van der Waals surface area contributed by atoms with Crippen LogP contribution in [-0.4, -0.2) is 29.0 Å². The number of urea groups is 1. The van der Waals surface area contributed by atoms with Gasteiger partial charge in [-0.25, -0.2) is 9.18 Å². The van der Waals surface area contributed by atoms with Crippen molar-refractivity contribution in [2.24, 2.45) is 0 Å². The Hall–Kier alpha value is -2.44. The third-order valence-corrected chi connectivity index (χ3v) is 4.59. The summed E-state index contributed by atoms with van der Waals surface area (Å²) in [5.74, 6) is -0.371. The number of pyridine rings is 1. The highest BCUT2D eigenvalue weighted by Crippen LogP contribution is 2.24. The maximum absolute atomic E-state index is 13.2. The average Bonchev–Trinajstić information content (AvgIpc) is 3.06. The minimum absolute atomic E-state index is 0. The minimum Gasteiger partial charge on any atom is -0.314 e. The normalized spacial score (nSPS) is 15.7. The van der Waals surface area contributed by atoms with Crippen LogP contribution in [0.25, 0.3) is 5.57 Å². The quantitative estimate of drug-likeness (QED) is 0.845. The summed E-state index contributed by atoms with van der Waals surface area (Å²) >= 11 is 0. The summed E-state index contributed by atoms with van der Waals surface area (Å²) in [6, 6.07) is 9.13. The molecule has 0 radical (unpaired) electrons. The lowest BCUT2D eigenvalue weighted by atomic mass is 10.0. The highest BCUT2D eigenvalue weighted by atomic mass is 35.5. The van der Waals surface area contributed by atoms with Gasteiger partial charge in [-0.1, -0.05) is 18.2 Å². The summed E-state index contributed by atoms with van der Waals surface area (Å²) in [6.45, 7) is 2.68. The Balaban J connectivity index is 0.00000196. The van der Waals surface area contributed by atoms with Crippen molar-refractivity contribution >= 4 is 29.7 Å². The molecule has 136 valence electrons. The summed E-state index contributed by atoms with van der Waals surface area (Å²) in [6.07, 6.45) is 4.40. The second-order valence-corrected chi connectivity index (χ2v) is 6.31. The molecule has 1 aromatic heterocycles. The monoisotopic (exact) mass is 374 g/mol. The zero-order chi connectivity index (χ0) is 17.2. The molecule has 0 fully saturated rings. The van der Waals surface area contributed by atoms with Gasteiger partial charge in [-0.15, -0.1) is 12.4 Å². The van der Waals surface area contributed by atoms with Crippen molar-refractivity contribution in [3.8, 4) is 0 Å². The number of aromatic nitrogens is 1.